The Kier molecular flexibility index (Phi) is 16.9. The van der Waals surface area contributed by atoms with Crippen LogP contribution < -0.4 is 27.0 Å². The molecule has 0 bridgehead atoms. The second kappa shape index (κ2) is 20.8. The van der Waals surface area contributed by atoms with Crippen LogP contribution in [0.4, 0.5) is 0 Å². The van der Waals surface area contributed by atoms with Crippen LogP contribution in [0.3, 0.4) is 0 Å². The molecule has 0 radical (unpaired) electrons. The summed E-state index contributed by atoms with van der Waals surface area (Å²) in [6.07, 6.45) is 4.31. The molecule has 0 unspecified atom stereocenters. The van der Waals surface area contributed by atoms with E-state index < -0.39 is 59.8 Å². The minimum atomic E-state index is -2.71. The Morgan fingerprint density at radius 3 is 1.91 bits per heavy atom. The molecule has 0 saturated carbocycles. The SMILES string of the molecule is CC(C)C[C@H](NC(=O)[C@H](CCc1ccccc1)NC(=O)CN1C=COCC1)C(=O)N[C@@H](Cc1ccccc1)C(=O)N[C@@H](CC(C)C)C(O)(O)[C@@](C)(N)CO. The third-order valence-electron chi connectivity index (χ3n) is 9.36. The van der Waals surface area contributed by atoms with Gasteiger partial charge in [-0.25, -0.2) is 0 Å². The van der Waals surface area contributed by atoms with E-state index in [4.69, 9.17) is 10.5 Å². The van der Waals surface area contributed by atoms with Crippen molar-refractivity contribution in [3.05, 3.63) is 84.3 Å². The first-order valence-corrected chi connectivity index (χ1v) is 18.7. The highest BCUT2D eigenvalue weighted by Crippen LogP contribution is 2.25. The third-order valence-corrected chi connectivity index (χ3v) is 9.36. The standard InChI is InChI=1S/C40H60N6O8/c1-27(2)22-32(43-36(49)31(17-16-29-12-8-6-9-13-29)42-35(48)25-46-18-20-54-21-19-46)37(50)44-33(24-30-14-10-7-11-15-30)38(51)45-34(23-28(3)4)40(52,53)39(5,41)26-47/h6-15,18,20,27-28,31-34,47,52-53H,16-17,19,21-26,41H2,1-5H3,(H,42,48)(H,43,49)(H,44,50)(H,45,51)/t31-,32-,33-,34-,39-/m0/s1. The van der Waals surface area contributed by atoms with Crippen LogP contribution in [0.5, 0.6) is 0 Å². The van der Waals surface area contributed by atoms with Crippen molar-refractivity contribution in [2.75, 3.05) is 26.3 Å². The van der Waals surface area contributed by atoms with Crippen LogP contribution in [-0.4, -0.2) is 106 Å². The molecule has 0 saturated heterocycles. The highest BCUT2D eigenvalue weighted by atomic mass is 16.5. The van der Waals surface area contributed by atoms with Gasteiger partial charge in [0.15, 0.2) is 0 Å². The molecule has 9 N–H and O–H groups in total. The van der Waals surface area contributed by atoms with Crippen molar-refractivity contribution in [1.82, 2.24) is 26.2 Å². The highest BCUT2D eigenvalue weighted by molar-refractivity contribution is 5.94. The first-order chi connectivity index (χ1) is 25.5. The van der Waals surface area contributed by atoms with Crippen LogP contribution in [0, 0.1) is 11.8 Å². The number of aliphatic hydroxyl groups is 3. The summed E-state index contributed by atoms with van der Waals surface area (Å²) in [5.41, 5.74) is 5.87. The minimum absolute atomic E-state index is 0.0174. The molecular weight excluding hydrogens is 692 g/mol. The van der Waals surface area contributed by atoms with Crippen LogP contribution in [0.1, 0.15) is 65.0 Å². The fourth-order valence-electron chi connectivity index (χ4n) is 6.11. The van der Waals surface area contributed by atoms with Gasteiger partial charge in [0.2, 0.25) is 29.4 Å². The Morgan fingerprint density at radius 1 is 0.796 bits per heavy atom. The zero-order chi connectivity index (χ0) is 39.9. The molecule has 54 heavy (non-hydrogen) atoms. The lowest BCUT2D eigenvalue weighted by Gasteiger charge is -2.43. The Hall–Kier alpha value is -4.50. The summed E-state index contributed by atoms with van der Waals surface area (Å²) in [5, 5.41) is 43.3. The molecule has 4 amide bonds. The van der Waals surface area contributed by atoms with E-state index in [1.165, 1.54) is 13.2 Å². The molecule has 3 rings (SSSR count). The monoisotopic (exact) mass is 752 g/mol. The predicted octanol–water partition coefficient (Wildman–Crippen LogP) is 1.09. The number of nitrogens with zero attached hydrogens (tertiary/aromatic N) is 1. The van der Waals surface area contributed by atoms with Gasteiger partial charge in [-0.1, -0.05) is 88.4 Å². The highest BCUT2D eigenvalue weighted by Gasteiger charge is 2.50. The van der Waals surface area contributed by atoms with Crippen LogP contribution >= 0.6 is 0 Å². The van der Waals surface area contributed by atoms with Gasteiger partial charge in [-0.15, -0.1) is 0 Å². The number of nitrogens with two attached hydrogens (primary N) is 1. The van der Waals surface area contributed by atoms with E-state index in [0.717, 1.165) is 11.1 Å². The van der Waals surface area contributed by atoms with Crippen LogP contribution in [0.2, 0.25) is 0 Å². The summed E-state index contributed by atoms with van der Waals surface area (Å²) in [7, 11) is 0. The molecule has 14 heteroatoms. The molecule has 1 aliphatic rings. The maximum atomic E-state index is 14.1. The quantitative estimate of drug-likeness (QED) is 0.0850. The minimum Gasteiger partial charge on any atom is -0.498 e. The van der Waals surface area contributed by atoms with Crippen molar-refractivity contribution in [3.63, 3.8) is 0 Å². The van der Waals surface area contributed by atoms with Crippen LogP contribution in [0.15, 0.2) is 73.1 Å². The number of hydrogen-bond acceptors (Lipinski definition) is 10. The van der Waals surface area contributed by atoms with Gasteiger partial charge < -0.3 is 52.0 Å². The largest absolute Gasteiger partial charge is 0.498 e. The molecule has 0 spiro atoms. The number of aryl methyl sites for hydroxylation is 1. The van der Waals surface area contributed by atoms with Crippen molar-refractivity contribution in [2.45, 2.75) is 102 Å². The molecule has 1 aliphatic heterocycles. The summed E-state index contributed by atoms with van der Waals surface area (Å²) in [5.74, 6) is -5.12. The zero-order valence-corrected chi connectivity index (χ0v) is 32.2. The summed E-state index contributed by atoms with van der Waals surface area (Å²) in [6, 6.07) is 14.0. The molecule has 0 aliphatic carbocycles. The van der Waals surface area contributed by atoms with Gasteiger partial charge >= 0.3 is 0 Å². The summed E-state index contributed by atoms with van der Waals surface area (Å²) >= 11 is 0. The fraction of sp³-hybridized carbons (Fsp3) is 0.550. The lowest BCUT2D eigenvalue weighted by molar-refractivity contribution is -0.234. The van der Waals surface area contributed by atoms with Crippen molar-refractivity contribution in [1.29, 1.82) is 0 Å². The third kappa shape index (κ3) is 13.7. The molecule has 2 aromatic rings. The van der Waals surface area contributed by atoms with Crippen molar-refractivity contribution >= 4 is 23.6 Å². The van der Waals surface area contributed by atoms with Gasteiger partial charge in [0.1, 0.15) is 24.7 Å². The molecule has 5 atom stereocenters. The van der Waals surface area contributed by atoms with E-state index >= 15 is 0 Å². The number of carbonyl (C=O) groups is 4. The van der Waals surface area contributed by atoms with E-state index in [2.05, 4.69) is 21.3 Å². The zero-order valence-electron chi connectivity index (χ0n) is 32.2. The van der Waals surface area contributed by atoms with Crippen molar-refractivity contribution in [3.8, 4) is 0 Å². The average molecular weight is 753 g/mol. The van der Waals surface area contributed by atoms with Crippen molar-refractivity contribution < 1.29 is 39.2 Å². The lowest BCUT2D eigenvalue weighted by atomic mass is 9.83. The lowest BCUT2D eigenvalue weighted by Crippen LogP contribution is -2.71. The second-order valence-corrected chi connectivity index (χ2v) is 15.2. The molecule has 0 aromatic heterocycles. The van der Waals surface area contributed by atoms with Gasteiger partial charge in [0, 0.05) is 12.6 Å². The molecule has 0 fully saturated rings. The number of benzene rings is 2. The molecule has 2 aromatic carbocycles. The Bertz CT molecular complexity index is 1520. The van der Waals surface area contributed by atoms with Gasteiger partial charge in [0.05, 0.1) is 37.5 Å². The van der Waals surface area contributed by atoms with E-state index in [1.54, 1.807) is 35.4 Å². The summed E-state index contributed by atoms with van der Waals surface area (Å²) < 4.78 is 5.21. The number of rotatable bonds is 21. The predicted molar refractivity (Wildman–Crippen MR) is 205 cm³/mol. The normalized spacial score (nSPS) is 16.4. The fourth-order valence-corrected chi connectivity index (χ4v) is 6.11. The Morgan fingerprint density at radius 2 is 1.35 bits per heavy atom. The number of amides is 4. The average Bonchev–Trinajstić information content (AvgIpc) is 3.13. The Labute approximate surface area is 318 Å². The molecular formula is C40H60N6O8. The number of hydrogen-bond donors (Lipinski definition) is 8. The van der Waals surface area contributed by atoms with Gasteiger partial charge in [-0.05, 0) is 55.6 Å². The van der Waals surface area contributed by atoms with Crippen LogP contribution in [-0.2, 0) is 36.8 Å². The number of nitrogens with one attached hydrogen (secondary N) is 4. The van der Waals surface area contributed by atoms with E-state index in [1.807, 2.05) is 64.1 Å². The number of carbonyl (C=O) groups excluding carboxylic acids is 4. The van der Waals surface area contributed by atoms with Gasteiger partial charge in [-0.3, -0.25) is 19.2 Å². The topological polar surface area (TPSA) is 216 Å². The van der Waals surface area contributed by atoms with Gasteiger partial charge in [-0.2, -0.15) is 0 Å². The first-order valence-electron chi connectivity index (χ1n) is 18.7. The summed E-state index contributed by atoms with van der Waals surface area (Å²) in [4.78, 5) is 57.0. The van der Waals surface area contributed by atoms with E-state index in [9.17, 15) is 34.5 Å². The number of aliphatic hydroxyl groups excluding tert-OH is 1. The van der Waals surface area contributed by atoms with E-state index in [-0.39, 0.29) is 50.0 Å². The van der Waals surface area contributed by atoms with Crippen molar-refractivity contribution in [2.24, 2.45) is 17.6 Å². The molecule has 298 valence electrons. The second-order valence-electron chi connectivity index (χ2n) is 15.2. The molecule has 1 heterocycles. The smallest absolute Gasteiger partial charge is 0.243 e. The summed E-state index contributed by atoms with van der Waals surface area (Å²) in [6.45, 7) is 8.92. The maximum Gasteiger partial charge on any atom is 0.243 e. The first kappa shape index (κ1) is 43.9. The van der Waals surface area contributed by atoms with E-state index in [0.29, 0.717) is 19.6 Å². The number of ether oxygens (including phenoxy) is 1. The van der Waals surface area contributed by atoms with Crippen LogP contribution in [0.25, 0.3) is 0 Å². The van der Waals surface area contributed by atoms with Gasteiger partial charge in [0.25, 0.3) is 0 Å². The Balaban J connectivity index is 1.86. The molecule has 14 nitrogen and oxygen atoms in total. The maximum absolute atomic E-state index is 14.1.